The molecule has 1 fully saturated rings. The number of rotatable bonds is 8. The summed E-state index contributed by atoms with van der Waals surface area (Å²) in [6, 6.07) is 0.263. The Hall–Kier alpha value is -1.63. The number of nitrogens with zero attached hydrogens (tertiary/aromatic N) is 3. The number of nitrogen functional groups attached to an aromatic ring is 1. The summed E-state index contributed by atoms with van der Waals surface area (Å²) in [5.41, 5.74) is 5.95. The molecule has 7 nitrogen and oxygen atoms in total. The van der Waals surface area contributed by atoms with E-state index in [2.05, 4.69) is 20.3 Å². The summed E-state index contributed by atoms with van der Waals surface area (Å²) in [6.07, 6.45) is 3.47. The Bertz CT molecular complexity index is 423. The van der Waals surface area contributed by atoms with Crippen LogP contribution in [0.25, 0.3) is 0 Å². The van der Waals surface area contributed by atoms with Gasteiger partial charge in [-0.1, -0.05) is 0 Å². The molecule has 0 aliphatic heterocycles. The van der Waals surface area contributed by atoms with Crippen molar-refractivity contribution < 1.29 is 9.47 Å². The van der Waals surface area contributed by atoms with Crippen LogP contribution in [0.15, 0.2) is 0 Å². The Morgan fingerprint density at radius 3 is 2.74 bits per heavy atom. The molecule has 0 aromatic carbocycles. The summed E-state index contributed by atoms with van der Waals surface area (Å²) in [6.45, 7) is 3.98. The standard InChI is InChI=1S/C12H21N5O2/c1-3-19-11-16-9(13)15-10(17-11)14-8-12(4-5-12)6-7-18-2/h3-8H2,1-2H3,(H3,13,14,15,16,17). The van der Waals surface area contributed by atoms with E-state index in [-0.39, 0.29) is 12.0 Å². The van der Waals surface area contributed by atoms with E-state index < -0.39 is 0 Å². The lowest BCUT2D eigenvalue weighted by atomic mass is 10.0. The van der Waals surface area contributed by atoms with Crippen molar-refractivity contribution in [3.63, 3.8) is 0 Å². The van der Waals surface area contributed by atoms with Crippen LogP contribution in [0.5, 0.6) is 6.01 Å². The SMILES string of the molecule is CCOc1nc(N)nc(NCC2(CCOC)CC2)n1. The number of hydrogen-bond donors (Lipinski definition) is 2. The molecule has 1 aromatic rings. The first kappa shape index (κ1) is 13.8. The molecule has 0 spiro atoms. The zero-order valence-electron chi connectivity index (χ0n) is 11.5. The van der Waals surface area contributed by atoms with Crippen molar-refractivity contribution in [2.45, 2.75) is 26.2 Å². The molecule has 0 atom stereocenters. The number of ether oxygens (including phenoxy) is 2. The predicted molar refractivity (Wildman–Crippen MR) is 72.1 cm³/mol. The van der Waals surface area contributed by atoms with Crippen LogP contribution >= 0.6 is 0 Å². The fourth-order valence-corrected chi connectivity index (χ4v) is 1.92. The van der Waals surface area contributed by atoms with Crippen molar-refractivity contribution in [3.8, 4) is 6.01 Å². The average Bonchev–Trinajstić information content (AvgIpc) is 3.15. The van der Waals surface area contributed by atoms with Gasteiger partial charge in [0.05, 0.1) is 6.61 Å². The van der Waals surface area contributed by atoms with Gasteiger partial charge in [0.2, 0.25) is 11.9 Å². The highest BCUT2D eigenvalue weighted by atomic mass is 16.5. The highest BCUT2D eigenvalue weighted by Crippen LogP contribution is 2.48. The number of methoxy groups -OCH3 is 1. The molecule has 7 heteroatoms. The zero-order valence-corrected chi connectivity index (χ0v) is 11.5. The highest BCUT2D eigenvalue weighted by Gasteiger charge is 2.41. The molecule has 0 radical (unpaired) electrons. The lowest BCUT2D eigenvalue weighted by molar-refractivity contribution is 0.174. The van der Waals surface area contributed by atoms with Crippen LogP contribution < -0.4 is 15.8 Å². The van der Waals surface area contributed by atoms with Crippen LogP contribution in [0.3, 0.4) is 0 Å². The summed E-state index contributed by atoms with van der Waals surface area (Å²) in [4.78, 5) is 12.1. The minimum Gasteiger partial charge on any atom is -0.464 e. The Morgan fingerprint density at radius 2 is 2.11 bits per heavy atom. The van der Waals surface area contributed by atoms with Crippen molar-refractivity contribution in [2.24, 2.45) is 5.41 Å². The van der Waals surface area contributed by atoms with Gasteiger partial charge in [-0.05, 0) is 31.6 Å². The van der Waals surface area contributed by atoms with Crippen molar-refractivity contribution in [2.75, 3.05) is 37.9 Å². The minimum absolute atomic E-state index is 0.169. The van der Waals surface area contributed by atoms with Crippen LogP contribution in [-0.4, -0.2) is 41.8 Å². The fourth-order valence-electron chi connectivity index (χ4n) is 1.92. The van der Waals surface area contributed by atoms with E-state index in [1.807, 2.05) is 6.92 Å². The molecule has 19 heavy (non-hydrogen) atoms. The first-order chi connectivity index (χ1) is 9.17. The van der Waals surface area contributed by atoms with E-state index in [1.54, 1.807) is 7.11 Å². The molecule has 0 bridgehead atoms. The number of anilines is 2. The normalized spacial score (nSPS) is 16.1. The molecule has 0 amide bonds. The summed E-state index contributed by atoms with van der Waals surface area (Å²) in [5.74, 6) is 0.641. The third-order valence-electron chi connectivity index (χ3n) is 3.32. The van der Waals surface area contributed by atoms with Gasteiger partial charge >= 0.3 is 6.01 Å². The summed E-state index contributed by atoms with van der Waals surface area (Å²) < 4.78 is 10.4. The largest absolute Gasteiger partial charge is 0.464 e. The van der Waals surface area contributed by atoms with Crippen LogP contribution in [-0.2, 0) is 4.74 Å². The van der Waals surface area contributed by atoms with Gasteiger partial charge in [-0.15, -0.1) is 0 Å². The molecule has 1 aliphatic carbocycles. The molecule has 1 heterocycles. The maximum absolute atomic E-state index is 5.62. The van der Waals surface area contributed by atoms with E-state index >= 15 is 0 Å². The second-order valence-electron chi connectivity index (χ2n) is 4.83. The molecule has 1 saturated carbocycles. The van der Waals surface area contributed by atoms with Crippen LogP contribution in [0.2, 0.25) is 0 Å². The first-order valence-electron chi connectivity index (χ1n) is 6.54. The number of hydrogen-bond acceptors (Lipinski definition) is 7. The van der Waals surface area contributed by atoms with E-state index in [0.717, 1.165) is 19.6 Å². The second-order valence-corrected chi connectivity index (χ2v) is 4.83. The molecular weight excluding hydrogens is 246 g/mol. The predicted octanol–water partition coefficient (Wildman–Crippen LogP) is 1.08. The van der Waals surface area contributed by atoms with Crippen LogP contribution in [0, 0.1) is 5.41 Å². The van der Waals surface area contributed by atoms with Gasteiger partial charge < -0.3 is 20.5 Å². The molecule has 1 aromatic heterocycles. The van der Waals surface area contributed by atoms with Gasteiger partial charge in [0.15, 0.2) is 0 Å². The minimum atomic E-state index is 0.169. The molecule has 106 valence electrons. The quantitative estimate of drug-likeness (QED) is 0.727. The number of nitrogens with two attached hydrogens (primary N) is 1. The lowest BCUT2D eigenvalue weighted by Gasteiger charge is -2.15. The molecule has 0 saturated heterocycles. The van der Waals surface area contributed by atoms with Gasteiger partial charge in [-0.2, -0.15) is 15.0 Å². The summed E-state index contributed by atoms with van der Waals surface area (Å²) in [7, 11) is 1.73. The third-order valence-corrected chi connectivity index (χ3v) is 3.32. The number of aromatic nitrogens is 3. The zero-order chi connectivity index (χ0) is 13.7. The maximum atomic E-state index is 5.62. The van der Waals surface area contributed by atoms with Gasteiger partial charge in [-0.3, -0.25) is 0 Å². The Kier molecular flexibility index (Phi) is 4.36. The fraction of sp³-hybridized carbons (Fsp3) is 0.750. The van der Waals surface area contributed by atoms with Gasteiger partial charge in [0.1, 0.15) is 0 Å². The Balaban J connectivity index is 1.92. The maximum Gasteiger partial charge on any atom is 0.323 e. The van der Waals surface area contributed by atoms with Gasteiger partial charge in [0, 0.05) is 20.3 Å². The molecule has 1 aliphatic rings. The van der Waals surface area contributed by atoms with Crippen LogP contribution in [0.1, 0.15) is 26.2 Å². The number of nitrogens with one attached hydrogen (secondary N) is 1. The molecule has 0 unspecified atom stereocenters. The van der Waals surface area contributed by atoms with E-state index in [4.69, 9.17) is 15.2 Å². The summed E-state index contributed by atoms with van der Waals surface area (Å²) >= 11 is 0. The smallest absolute Gasteiger partial charge is 0.323 e. The summed E-state index contributed by atoms with van der Waals surface area (Å²) in [5, 5.41) is 3.22. The Labute approximate surface area is 112 Å². The monoisotopic (exact) mass is 267 g/mol. The van der Waals surface area contributed by atoms with Gasteiger partial charge in [-0.25, -0.2) is 0 Å². The Morgan fingerprint density at radius 1 is 1.32 bits per heavy atom. The lowest BCUT2D eigenvalue weighted by Crippen LogP contribution is -2.19. The van der Waals surface area contributed by atoms with E-state index in [1.165, 1.54) is 12.8 Å². The molecular formula is C12H21N5O2. The second kappa shape index (κ2) is 6.01. The van der Waals surface area contributed by atoms with Crippen molar-refractivity contribution in [1.82, 2.24) is 15.0 Å². The van der Waals surface area contributed by atoms with Crippen molar-refractivity contribution >= 4 is 11.9 Å². The van der Waals surface area contributed by atoms with E-state index in [9.17, 15) is 0 Å². The van der Waals surface area contributed by atoms with E-state index in [0.29, 0.717) is 18.0 Å². The van der Waals surface area contributed by atoms with Crippen LogP contribution in [0.4, 0.5) is 11.9 Å². The van der Waals surface area contributed by atoms with Crippen molar-refractivity contribution in [3.05, 3.63) is 0 Å². The van der Waals surface area contributed by atoms with Crippen molar-refractivity contribution in [1.29, 1.82) is 0 Å². The first-order valence-corrected chi connectivity index (χ1v) is 6.54. The molecule has 2 rings (SSSR count). The van der Waals surface area contributed by atoms with Gasteiger partial charge in [0.25, 0.3) is 0 Å². The average molecular weight is 267 g/mol. The topological polar surface area (TPSA) is 95.2 Å². The third kappa shape index (κ3) is 3.92. The highest BCUT2D eigenvalue weighted by molar-refractivity contribution is 5.33. The molecule has 3 N–H and O–H groups in total.